The summed E-state index contributed by atoms with van der Waals surface area (Å²) in [7, 11) is 0. The average Bonchev–Trinajstić information content (AvgIpc) is 2.85. The topological polar surface area (TPSA) is 99.8 Å². The number of halogens is 2. The van der Waals surface area contributed by atoms with Crippen LogP contribution in [0.1, 0.15) is 65.4 Å². The van der Waals surface area contributed by atoms with Gasteiger partial charge in [0.05, 0.1) is 15.7 Å². The van der Waals surface area contributed by atoms with E-state index in [4.69, 9.17) is 27.9 Å². The molecule has 1 fully saturated rings. The minimum atomic E-state index is -0.608. The van der Waals surface area contributed by atoms with E-state index in [0.29, 0.717) is 40.4 Å². The molecule has 3 rings (SSSR count). The highest BCUT2D eigenvalue weighted by Crippen LogP contribution is 2.32. The fourth-order valence-corrected chi connectivity index (χ4v) is 4.87. The van der Waals surface area contributed by atoms with E-state index >= 15 is 0 Å². The maximum Gasteiger partial charge on any atom is 0.407 e. The smallest absolute Gasteiger partial charge is 0.407 e. The van der Waals surface area contributed by atoms with Crippen molar-refractivity contribution in [3.8, 4) is 0 Å². The fraction of sp³-hybridized carbons (Fsp3) is 0.483. The van der Waals surface area contributed by atoms with Gasteiger partial charge in [-0.05, 0) is 75.3 Å². The van der Waals surface area contributed by atoms with Crippen LogP contribution >= 0.6 is 23.2 Å². The molecule has 0 saturated carbocycles. The first-order valence-electron chi connectivity index (χ1n) is 13.2. The molecule has 10 heteroatoms. The molecule has 212 valence electrons. The number of carbonyl (C=O) groups is 3. The third-order valence-electron chi connectivity index (χ3n) is 6.55. The number of hydrogen-bond donors (Lipinski definition) is 3. The van der Waals surface area contributed by atoms with Crippen LogP contribution in [0.5, 0.6) is 0 Å². The number of urea groups is 1. The molecule has 0 aliphatic carbocycles. The Hall–Kier alpha value is -2.97. The Morgan fingerprint density at radius 1 is 0.974 bits per heavy atom. The molecule has 2 aromatic rings. The second-order valence-electron chi connectivity index (χ2n) is 11.2. The van der Waals surface area contributed by atoms with Gasteiger partial charge in [-0.1, -0.05) is 55.2 Å². The number of ether oxygens (including phenoxy) is 1. The molecule has 0 radical (unpaired) electrons. The summed E-state index contributed by atoms with van der Waals surface area (Å²) in [6.07, 6.45) is 1.25. The van der Waals surface area contributed by atoms with Gasteiger partial charge in [-0.25, -0.2) is 9.59 Å². The Morgan fingerprint density at radius 3 is 2.10 bits per heavy atom. The predicted molar refractivity (Wildman–Crippen MR) is 157 cm³/mol. The lowest BCUT2D eigenvalue weighted by Gasteiger charge is -2.32. The number of rotatable bonds is 7. The van der Waals surface area contributed by atoms with Crippen molar-refractivity contribution in [2.24, 2.45) is 5.92 Å². The molecule has 1 saturated heterocycles. The van der Waals surface area contributed by atoms with Crippen molar-refractivity contribution >= 4 is 52.6 Å². The number of likely N-dealkylation sites (tertiary alicyclic amines) is 1. The molecule has 1 aliphatic rings. The van der Waals surface area contributed by atoms with Gasteiger partial charge in [0.15, 0.2) is 0 Å². The summed E-state index contributed by atoms with van der Waals surface area (Å²) in [5.41, 5.74) is 1.67. The highest BCUT2D eigenvalue weighted by atomic mass is 35.5. The van der Waals surface area contributed by atoms with Crippen molar-refractivity contribution in [3.05, 3.63) is 58.1 Å². The minimum Gasteiger partial charge on any atom is -0.444 e. The lowest BCUT2D eigenvalue weighted by molar-refractivity contribution is -0.116. The number of amides is 4. The Balaban J connectivity index is 1.49. The first-order chi connectivity index (χ1) is 18.3. The van der Waals surface area contributed by atoms with Crippen molar-refractivity contribution in [1.82, 2.24) is 10.2 Å². The molecule has 8 nitrogen and oxygen atoms in total. The second kappa shape index (κ2) is 13.4. The quantitative estimate of drug-likeness (QED) is 0.322. The molecule has 4 amide bonds. The molecule has 1 heterocycles. The maximum absolute atomic E-state index is 12.7. The number of carbonyl (C=O) groups excluding carboxylic acids is 3. The summed E-state index contributed by atoms with van der Waals surface area (Å²) in [4.78, 5) is 39.4. The van der Waals surface area contributed by atoms with E-state index < -0.39 is 11.7 Å². The fourth-order valence-electron chi connectivity index (χ4n) is 4.38. The molecule has 1 unspecified atom stereocenters. The number of benzene rings is 2. The molecule has 0 spiro atoms. The van der Waals surface area contributed by atoms with Gasteiger partial charge in [0, 0.05) is 31.2 Å². The van der Waals surface area contributed by atoms with Crippen LogP contribution in [0.4, 0.5) is 21.0 Å². The van der Waals surface area contributed by atoms with Crippen LogP contribution in [-0.4, -0.2) is 47.7 Å². The van der Waals surface area contributed by atoms with Crippen molar-refractivity contribution in [1.29, 1.82) is 0 Å². The number of alkyl carbamates (subject to hydrolysis) is 1. The highest BCUT2D eigenvalue weighted by molar-refractivity contribution is 6.39. The van der Waals surface area contributed by atoms with Crippen molar-refractivity contribution in [2.45, 2.75) is 71.4 Å². The monoisotopic (exact) mass is 576 g/mol. The molecule has 0 aromatic heterocycles. The molecule has 3 N–H and O–H groups in total. The lowest BCUT2D eigenvalue weighted by atomic mass is 9.89. The zero-order valence-corrected chi connectivity index (χ0v) is 24.7. The van der Waals surface area contributed by atoms with Gasteiger partial charge in [0.25, 0.3) is 0 Å². The van der Waals surface area contributed by atoms with Gasteiger partial charge in [-0.15, -0.1) is 0 Å². The third kappa shape index (κ3) is 9.32. The van der Waals surface area contributed by atoms with E-state index in [1.54, 1.807) is 43.9 Å². The average molecular weight is 578 g/mol. The Bertz CT molecular complexity index is 1140. The molecule has 1 atom stereocenters. The van der Waals surface area contributed by atoms with E-state index in [2.05, 4.69) is 16.0 Å². The lowest BCUT2D eigenvalue weighted by Crippen LogP contribution is -2.43. The zero-order valence-electron chi connectivity index (χ0n) is 23.1. The number of anilines is 2. The van der Waals surface area contributed by atoms with E-state index in [1.165, 1.54) is 0 Å². The van der Waals surface area contributed by atoms with E-state index in [1.807, 2.05) is 38.1 Å². The summed E-state index contributed by atoms with van der Waals surface area (Å²) in [5.74, 6) is 0.182. The van der Waals surface area contributed by atoms with E-state index in [-0.39, 0.29) is 30.3 Å². The first kappa shape index (κ1) is 30.6. The standard InChI is InChI=1S/C29H38Cl2N4O4/c1-18(2)24(33-28(38)39-29(3,4)5)17-25(36)32-21-11-9-19(10-12-21)20-13-15-35(16-14-20)27(37)34-26-22(30)7-6-8-23(26)31/h6-12,18,20,24H,13-17H2,1-5H3,(H,32,36)(H,33,38)(H,34,37). The zero-order chi connectivity index (χ0) is 28.7. The number of hydrogen-bond acceptors (Lipinski definition) is 4. The van der Waals surface area contributed by atoms with Crippen LogP contribution in [0.2, 0.25) is 10.0 Å². The van der Waals surface area contributed by atoms with Gasteiger partial charge in [-0.2, -0.15) is 0 Å². The maximum atomic E-state index is 12.7. The second-order valence-corrected chi connectivity index (χ2v) is 12.0. The van der Waals surface area contributed by atoms with Crippen molar-refractivity contribution in [3.63, 3.8) is 0 Å². The van der Waals surface area contributed by atoms with Gasteiger partial charge < -0.3 is 25.6 Å². The Morgan fingerprint density at radius 2 is 1.56 bits per heavy atom. The largest absolute Gasteiger partial charge is 0.444 e. The molecular formula is C29H38Cl2N4O4. The summed E-state index contributed by atoms with van der Waals surface area (Å²) in [5, 5.41) is 9.35. The molecule has 0 bridgehead atoms. The molecule has 39 heavy (non-hydrogen) atoms. The first-order valence-corrected chi connectivity index (χ1v) is 14.0. The van der Waals surface area contributed by atoms with Gasteiger partial charge >= 0.3 is 12.1 Å². The minimum absolute atomic E-state index is 0.0558. The van der Waals surface area contributed by atoms with Crippen molar-refractivity contribution in [2.75, 3.05) is 23.7 Å². The summed E-state index contributed by atoms with van der Waals surface area (Å²) in [6.45, 7) is 10.5. The van der Waals surface area contributed by atoms with E-state index in [9.17, 15) is 14.4 Å². The molecule has 2 aromatic carbocycles. The van der Waals surface area contributed by atoms with Crippen LogP contribution in [0.15, 0.2) is 42.5 Å². The number of piperidine rings is 1. The predicted octanol–water partition coefficient (Wildman–Crippen LogP) is 7.28. The van der Waals surface area contributed by atoms with Crippen molar-refractivity contribution < 1.29 is 19.1 Å². The summed E-state index contributed by atoms with van der Waals surface area (Å²) in [6, 6.07) is 12.3. The summed E-state index contributed by atoms with van der Waals surface area (Å²) >= 11 is 12.3. The van der Waals surface area contributed by atoms with E-state index in [0.717, 1.165) is 18.4 Å². The normalized spacial score (nSPS) is 15.0. The van der Waals surface area contributed by atoms with Gasteiger partial charge in [0.2, 0.25) is 5.91 Å². The van der Waals surface area contributed by atoms with Gasteiger partial charge in [0.1, 0.15) is 5.60 Å². The van der Waals surface area contributed by atoms with Crippen LogP contribution in [0.25, 0.3) is 0 Å². The SMILES string of the molecule is CC(C)C(CC(=O)Nc1ccc(C2CCN(C(=O)Nc3c(Cl)cccc3Cl)CC2)cc1)NC(=O)OC(C)(C)C. The molecular weight excluding hydrogens is 539 g/mol. The Kier molecular flexibility index (Phi) is 10.5. The number of para-hydroxylation sites is 1. The van der Waals surface area contributed by atoms with Gasteiger partial charge in [-0.3, -0.25) is 4.79 Å². The Labute approximate surface area is 240 Å². The van der Waals surface area contributed by atoms with Crippen LogP contribution in [0, 0.1) is 5.92 Å². The van der Waals surface area contributed by atoms with Crippen LogP contribution in [0.3, 0.4) is 0 Å². The third-order valence-corrected chi connectivity index (χ3v) is 7.18. The van der Waals surface area contributed by atoms with Crippen LogP contribution in [-0.2, 0) is 9.53 Å². The highest BCUT2D eigenvalue weighted by Gasteiger charge is 2.26. The molecule has 1 aliphatic heterocycles. The van der Waals surface area contributed by atoms with Crippen LogP contribution < -0.4 is 16.0 Å². The summed E-state index contributed by atoms with van der Waals surface area (Å²) < 4.78 is 5.33. The number of nitrogens with zero attached hydrogens (tertiary/aromatic N) is 1. The number of nitrogens with one attached hydrogen (secondary N) is 3.